The van der Waals surface area contributed by atoms with Gasteiger partial charge >= 0.3 is 0 Å². The van der Waals surface area contributed by atoms with Gasteiger partial charge in [0, 0.05) is 61.8 Å². The average Bonchev–Trinajstić information content (AvgIpc) is 3.98. The van der Waals surface area contributed by atoms with Gasteiger partial charge < -0.3 is 13.6 Å². The van der Waals surface area contributed by atoms with E-state index in [1.54, 1.807) is 24.5 Å². The number of aromatic nitrogens is 6. The number of nitriles is 1. The van der Waals surface area contributed by atoms with E-state index in [4.69, 9.17) is 4.42 Å². The van der Waals surface area contributed by atoms with E-state index in [1.165, 1.54) is 16.7 Å². The zero-order valence-electron chi connectivity index (χ0n) is 31.2. The minimum Gasteiger partial charge on any atom is -0.488 e. The monoisotopic (exact) mass is 906 g/mol. The van der Waals surface area contributed by atoms with Crippen LogP contribution in [-0.2, 0) is 20.1 Å². The van der Waals surface area contributed by atoms with Crippen LogP contribution in [0.4, 0.5) is 0 Å². The van der Waals surface area contributed by atoms with Crippen molar-refractivity contribution in [2.24, 2.45) is 0 Å². The molecule has 9 rings (SSSR count). The Hall–Kier alpha value is -6.72. The van der Waals surface area contributed by atoms with Gasteiger partial charge in [-0.1, -0.05) is 96.6 Å². The number of hydrogen-bond donors (Lipinski definition) is 0. The van der Waals surface area contributed by atoms with Crippen LogP contribution in [0.1, 0.15) is 28.1 Å². The number of aryl methyl sites for hydroxylation is 4. The number of nitrogens with zero attached hydrogens (tertiary/aromatic N) is 7. The van der Waals surface area contributed by atoms with Gasteiger partial charge in [-0.05, 0) is 48.6 Å². The van der Waals surface area contributed by atoms with Crippen molar-refractivity contribution in [3.05, 3.63) is 180 Å². The topological polar surface area (TPSA) is 98.3 Å². The summed E-state index contributed by atoms with van der Waals surface area (Å²) in [6.45, 7) is 8.23. The molecule has 3 aromatic heterocycles. The SMILES string of the molecule is Cc1cc(C)c(-n2ccnc2-c2[c-]cc3oc(C)nc3c2)c(C)c1.N#Cc1cc[c-]c(-c2nncn2-c2c(-c3ccccc3)cccc2-c2ccccc2)c1.[Ir]. The van der Waals surface area contributed by atoms with Crippen LogP contribution in [0.3, 0.4) is 0 Å². The predicted octanol–water partition coefficient (Wildman–Crippen LogP) is 10.7. The molecule has 275 valence electrons. The Balaban J connectivity index is 0.000000174. The molecule has 56 heavy (non-hydrogen) atoms. The molecular weight excluding hydrogens is 871 g/mol. The molecule has 0 amide bonds. The quantitative estimate of drug-likeness (QED) is 0.154. The summed E-state index contributed by atoms with van der Waals surface area (Å²) in [7, 11) is 0. The Kier molecular flexibility index (Phi) is 11.0. The molecule has 0 aliphatic heterocycles. The van der Waals surface area contributed by atoms with Crippen LogP contribution in [0.2, 0.25) is 0 Å². The minimum absolute atomic E-state index is 0. The molecule has 9 aromatic rings. The van der Waals surface area contributed by atoms with Crippen molar-refractivity contribution >= 4 is 11.1 Å². The Morgan fingerprint density at radius 2 is 1.36 bits per heavy atom. The average molecular weight is 906 g/mol. The Labute approximate surface area is 339 Å². The van der Waals surface area contributed by atoms with Crippen molar-refractivity contribution in [3.8, 4) is 62.5 Å². The summed E-state index contributed by atoms with van der Waals surface area (Å²) in [5.41, 5.74) is 14.0. The zero-order valence-corrected chi connectivity index (χ0v) is 33.5. The molecule has 0 aliphatic carbocycles. The molecular formula is C47H35IrN7O-2. The fourth-order valence-electron chi connectivity index (χ4n) is 7.10. The summed E-state index contributed by atoms with van der Waals surface area (Å²) in [6, 6.07) is 48.9. The zero-order chi connectivity index (χ0) is 37.9. The van der Waals surface area contributed by atoms with E-state index >= 15 is 0 Å². The number of rotatable bonds is 6. The molecule has 8 nitrogen and oxygen atoms in total. The van der Waals surface area contributed by atoms with E-state index in [0.29, 0.717) is 17.3 Å². The Morgan fingerprint density at radius 3 is 2.02 bits per heavy atom. The standard InChI is InChI=1S/C27H17N4.C20H18N3O.Ir/c28-18-20-9-7-14-23(17-20)27-30-29-19-31(27)26-24(21-10-3-1-4-11-21)15-8-16-25(26)22-12-5-2-6-13-22;1-12-9-13(2)19(14(3)10-12)23-8-7-21-20(23)16-5-6-18-17(11-16)22-15(4)24-18;/h1-13,15-17,19H;6-11H,1-4H3;/q2*-1;. The third-order valence-electron chi connectivity index (χ3n) is 9.35. The first kappa shape index (κ1) is 37.6. The summed E-state index contributed by atoms with van der Waals surface area (Å²) in [5, 5.41) is 17.9. The first-order valence-electron chi connectivity index (χ1n) is 17.8. The molecule has 9 heteroatoms. The van der Waals surface area contributed by atoms with Gasteiger partial charge in [-0.3, -0.25) is 4.98 Å². The Morgan fingerprint density at radius 1 is 0.696 bits per heavy atom. The van der Waals surface area contributed by atoms with Crippen LogP contribution in [0, 0.1) is 51.2 Å². The molecule has 6 aromatic carbocycles. The van der Waals surface area contributed by atoms with Crippen LogP contribution in [-0.4, -0.2) is 29.3 Å². The molecule has 0 bridgehead atoms. The molecule has 0 atom stereocenters. The summed E-state index contributed by atoms with van der Waals surface area (Å²) < 4.78 is 9.64. The summed E-state index contributed by atoms with van der Waals surface area (Å²) in [5.74, 6) is 2.15. The van der Waals surface area contributed by atoms with Gasteiger partial charge in [-0.15, -0.1) is 58.7 Å². The number of hydrogen-bond acceptors (Lipinski definition) is 6. The number of oxazole rings is 1. The number of imidazole rings is 1. The first-order chi connectivity index (χ1) is 26.9. The van der Waals surface area contributed by atoms with Crippen molar-refractivity contribution in [3.63, 3.8) is 0 Å². The van der Waals surface area contributed by atoms with Gasteiger partial charge in [0.25, 0.3) is 0 Å². The van der Waals surface area contributed by atoms with Gasteiger partial charge in [0.05, 0.1) is 29.0 Å². The van der Waals surface area contributed by atoms with E-state index in [-0.39, 0.29) is 20.1 Å². The number of benzene rings is 6. The van der Waals surface area contributed by atoms with E-state index < -0.39 is 0 Å². The van der Waals surface area contributed by atoms with Crippen molar-refractivity contribution in [2.75, 3.05) is 0 Å². The number of para-hydroxylation sites is 1. The van der Waals surface area contributed by atoms with Crippen LogP contribution >= 0.6 is 0 Å². The molecule has 3 heterocycles. The van der Waals surface area contributed by atoms with Gasteiger partial charge in [0.1, 0.15) is 6.33 Å². The van der Waals surface area contributed by atoms with Crippen molar-refractivity contribution in [2.45, 2.75) is 27.7 Å². The maximum absolute atomic E-state index is 9.32. The van der Waals surface area contributed by atoms with Crippen LogP contribution in [0.5, 0.6) is 0 Å². The third kappa shape index (κ3) is 7.49. The maximum atomic E-state index is 9.32. The minimum atomic E-state index is 0. The fourth-order valence-corrected chi connectivity index (χ4v) is 7.10. The third-order valence-corrected chi connectivity index (χ3v) is 9.35. The Bertz CT molecular complexity index is 2750. The molecule has 0 spiro atoms. The second-order valence-corrected chi connectivity index (χ2v) is 13.3. The van der Waals surface area contributed by atoms with E-state index in [0.717, 1.165) is 61.7 Å². The fraction of sp³-hybridized carbons (Fsp3) is 0.0851. The summed E-state index contributed by atoms with van der Waals surface area (Å²) in [6.07, 6.45) is 5.53. The van der Waals surface area contributed by atoms with Gasteiger partial charge in [-0.25, -0.2) is 4.98 Å². The largest absolute Gasteiger partial charge is 0.488 e. The molecule has 0 fully saturated rings. The normalized spacial score (nSPS) is 10.7. The van der Waals surface area contributed by atoms with E-state index in [1.807, 2.05) is 72.4 Å². The second kappa shape index (κ2) is 16.3. The van der Waals surface area contributed by atoms with E-state index in [2.05, 4.69) is 118 Å². The van der Waals surface area contributed by atoms with Crippen molar-refractivity contribution < 1.29 is 24.5 Å². The molecule has 0 saturated carbocycles. The van der Waals surface area contributed by atoms with E-state index in [9.17, 15) is 5.26 Å². The summed E-state index contributed by atoms with van der Waals surface area (Å²) >= 11 is 0. The van der Waals surface area contributed by atoms with Crippen LogP contribution < -0.4 is 0 Å². The van der Waals surface area contributed by atoms with Gasteiger partial charge in [0.15, 0.2) is 5.89 Å². The molecule has 0 aliphatic rings. The molecule has 0 saturated heterocycles. The second-order valence-electron chi connectivity index (χ2n) is 13.3. The van der Waals surface area contributed by atoms with Gasteiger partial charge in [0.2, 0.25) is 0 Å². The maximum Gasteiger partial charge on any atom is 0.180 e. The van der Waals surface area contributed by atoms with Crippen LogP contribution in [0.15, 0.2) is 144 Å². The predicted molar refractivity (Wildman–Crippen MR) is 216 cm³/mol. The van der Waals surface area contributed by atoms with Gasteiger partial charge in [-0.2, -0.15) is 10.4 Å². The smallest absolute Gasteiger partial charge is 0.180 e. The van der Waals surface area contributed by atoms with Crippen molar-refractivity contribution in [1.29, 1.82) is 5.26 Å². The number of fused-ring (bicyclic) bond motifs is 1. The molecule has 1 radical (unpaired) electrons. The molecule has 0 N–H and O–H groups in total. The first-order valence-corrected chi connectivity index (χ1v) is 17.8. The van der Waals surface area contributed by atoms with Crippen molar-refractivity contribution in [1.82, 2.24) is 29.3 Å². The summed E-state index contributed by atoms with van der Waals surface area (Å²) in [4.78, 5) is 8.96. The van der Waals surface area contributed by atoms with Crippen LogP contribution in [0.25, 0.3) is 67.5 Å². The molecule has 0 unspecified atom stereocenters.